The molecule has 0 atom stereocenters. The highest BCUT2D eigenvalue weighted by Crippen LogP contribution is 2.17. The minimum Gasteiger partial charge on any atom is -0.273 e. The van der Waals surface area contributed by atoms with E-state index in [0.717, 1.165) is 35.6 Å². The standard InChI is InChI=1S/C27H28N4O3/c1-2-3-8-17-31-27(34)23-12-7-6-11-22(23)25(30-31)26(33)29-28-24(32)16-14-19-13-15-20-9-4-5-10-21(20)18-19/h4-7,9-13,15,18H,2-3,8,14,16-17H2,1H3,(H,28,32)(H,29,33). The Bertz CT molecular complexity index is 1390. The van der Waals surface area contributed by atoms with Gasteiger partial charge >= 0.3 is 0 Å². The lowest BCUT2D eigenvalue weighted by Crippen LogP contribution is -2.43. The van der Waals surface area contributed by atoms with Crippen molar-refractivity contribution in [1.29, 1.82) is 0 Å². The first-order chi connectivity index (χ1) is 16.6. The Morgan fingerprint density at radius 3 is 2.41 bits per heavy atom. The molecule has 0 fully saturated rings. The first-order valence-electron chi connectivity index (χ1n) is 11.6. The Hall–Kier alpha value is -4.00. The first kappa shape index (κ1) is 23.2. The number of hydrazine groups is 1. The van der Waals surface area contributed by atoms with E-state index >= 15 is 0 Å². The van der Waals surface area contributed by atoms with E-state index in [-0.39, 0.29) is 23.6 Å². The summed E-state index contributed by atoms with van der Waals surface area (Å²) in [6.07, 6.45) is 3.56. The number of rotatable bonds is 8. The molecule has 0 aliphatic rings. The van der Waals surface area contributed by atoms with Gasteiger partial charge in [-0.3, -0.25) is 25.2 Å². The van der Waals surface area contributed by atoms with Crippen molar-refractivity contribution < 1.29 is 9.59 Å². The van der Waals surface area contributed by atoms with Gasteiger partial charge in [0.1, 0.15) is 0 Å². The van der Waals surface area contributed by atoms with Crippen LogP contribution in [0.2, 0.25) is 0 Å². The number of hydrogen-bond donors (Lipinski definition) is 2. The average Bonchev–Trinajstić information content (AvgIpc) is 2.87. The molecule has 0 spiro atoms. The Kier molecular flexibility index (Phi) is 7.32. The van der Waals surface area contributed by atoms with Crippen LogP contribution in [-0.4, -0.2) is 21.6 Å². The predicted molar refractivity (Wildman–Crippen MR) is 133 cm³/mol. The lowest BCUT2D eigenvalue weighted by molar-refractivity contribution is -0.121. The fourth-order valence-electron chi connectivity index (χ4n) is 3.97. The molecule has 1 aromatic heterocycles. The van der Waals surface area contributed by atoms with Gasteiger partial charge in [0.15, 0.2) is 5.69 Å². The van der Waals surface area contributed by atoms with Gasteiger partial charge in [0.25, 0.3) is 11.5 Å². The molecule has 0 radical (unpaired) electrons. The molecule has 0 aliphatic carbocycles. The quantitative estimate of drug-likeness (QED) is 0.308. The van der Waals surface area contributed by atoms with E-state index in [4.69, 9.17) is 0 Å². The summed E-state index contributed by atoms with van der Waals surface area (Å²) in [5.41, 5.74) is 5.87. The van der Waals surface area contributed by atoms with Crippen molar-refractivity contribution in [1.82, 2.24) is 20.6 Å². The highest BCUT2D eigenvalue weighted by Gasteiger charge is 2.17. The SMILES string of the molecule is CCCCCn1nc(C(=O)NNC(=O)CCc2ccc3ccccc3c2)c2ccccc2c1=O. The summed E-state index contributed by atoms with van der Waals surface area (Å²) in [7, 11) is 0. The number of unbranched alkanes of at least 4 members (excludes halogenated alkanes) is 2. The van der Waals surface area contributed by atoms with Crippen molar-refractivity contribution in [2.45, 2.75) is 45.6 Å². The van der Waals surface area contributed by atoms with E-state index < -0.39 is 5.91 Å². The van der Waals surface area contributed by atoms with Crippen LogP contribution in [-0.2, 0) is 17.8 Å². The molecule has 4 aromatic rings. The van der Waals surface area contributed by atoms with Crippen LogP contribution < -0.4 is 16.4 Å². The molecule has 174 valence electrons. The van der Waals surface area contributed by atoms with Gasteiger partial charge in [0.2, 0.25) is 5.91 Å². The Labute approximate surface area is 197 Å². The van der Waals surface area contributed by atoms with Crippen LogP contribution in [0.3, 0.4) is 0 Å². The highest BCUT2D eigenvalue weighted by molar-refractivity contribution is 6.05. The molecule has 0 aliphatic heterocycles. The van der Waals surface area contributed by atoms with Crippen molar-refractivity contribution in [3.63, 3.8) is 0 Å². The summed E-state index contributed by atoms with van der Waals surface area (Å²) in [4.78, 5) is 38.0. The predicted octanol–water partition coefficient (Wildman–Crippen LogP) is 4.13. The number of fused-ring (bicyclic) bond motifs is 2. The molecule has 0 saturated carbocycles. The molecule has 4 rings (SSSR count). The maximum Gasteiger partial charge on any atom is 0.290 e. The first-order valence-corrected chi connectivity index (χ1v) is 11.6. The van der Waals surface area contributed by atoms with Gasteiger partial charge in [-0.05, 0) is 35.2 Å². The van der Waals surface area contributed by atoms with Gasteiger partial charge in [-0.1, -0.05) is 80.4 Å². The Morgan fingerprint density at radius 2 is 1.62 bits per heavy atom. The zero-order valence-electron chi connectivity index (χ0n) is 19.2. The zero-order valence-corrected chi connectivity index (χ0v) is 19.2. The second-order valence-electron chi connectivity index (χ2n) is 8.31. The van der Waals surface area contributed by atoms with Crippen molar-refractivity contribution in [2.24, 2.45) is 0 Å². The molecular formula is C27H28N4O3. The number of hydrogen-bond acceptors (Lipinski definition) is 4. The van der Waals surface area contributed by atoms with Crippen LogP contribution >= 0.6 is 0 Å². The lowest BCUT2D eigenvalue weighted by Gasteiger charge is -2.12. The molecule has 0 bridgehead atoms. The van der Waals surface area contributed by atoms with Gasteiger partial charge in [-0.2, -0.15) is 5.10 Å². The van der Waals surface area contributed by atoms with Gasteiger partial charge < -0.3 is 0 Å². The monoisotopic (exact) mass is 456 g/mol. The number of carbonyl (C=O) groups is 2. The summed E-state index contributed by atoms with van der Waals surface area (Å²) in [5, 5.41) is 7.48. The number of nitrogens with one attached hydrogen (secondary N) is 2. The molecule has 2 N–H and O–H groups in total. The van der Waals surface area contributed by atoms with Gasteiger partial charge in [-0.25, -0.2) is 4.68 Å². The van der Waals surface area contributed by atoms with Crippen LogP contribution in [0, 0.1) is 0 Å². The van der Waals surface area contributed by atoms with Crippen LogP contribution in [0.4, 0.5) is 0 Å². The molecule has 1 heterocycles. The molecule has 7 heteroatoms. The van der Waals surface area contributed by atoms with Crippen LogP contribution in [0.5, 0.6) is 0 Å². The minimum atomic E-state index is -0.556. The lowest BCUT2D eigenvalue weighted by atomic mass is 10.0. The summed E-state index contributed by atoms with van der Waals surface area (Å²) >= 11 is 0. The molecule has 3 aromatic carbocycles. The number of aryl methyl sites for hydroxylation is 2. The molecule has 0 saturated heterocycles. The number of aromatic nitrogens is 2. The fraction of sp³-hybridized carbons (Fsp3) is 0.259. The van der Waals surface area contributed by atoms with Crippen molar-refractivity contribution in [2.75, 3.05) is 0 Å². The summed E-state index contributed by atoms with van der Waals surface area (Å²) in [5.74, 6) is -0.860. The topological polar surface area (TPSA) is 93.1 Å². The molecule has 2 amide bonds. The normalized spacial score (nSPS) is 11.0. The van der Waals surface area contributed by atoms with E-state index in [1.54, 1.807) is 24.3 Å². The Morgan fingerprint density at radius 1 is 0.882 bits per heavy atom. The maximum atomic E-state index is 12.9. The van der Waals surface area contributed by atoms with Crippen LogP contribution in [0.15, 0.2) is 71.5 Å². The number of carbonyl (C=O) groups excluding carboxylic acids is 2. The maximum absolute atomic E-state index is 12.9. The van der Waals surface area contributed by atoms with E-state index in [0.29, 0.717) is 23.7 Å². The van der Waals surface area contributed by atoms with Gasteiger partial charge in [0.05, 0.1) is 5.39 Å². The van der Waals surface area contributed by atoms with Crippen molar-refractivity contribution >= 4 is 33.4 Å². The van der Waals surface area contributed by atoms with Crippen LogP contribution in [0.1, 0.15) is 48.7 Å². The minimum absolute atomic E-state index is 0.113. The number of nitrogens with zero attached hydrogens (tertiary/aromatic N) is 2. The summed E-state index contributed by atoms with van der Waals surface area (Å²) in [6, 6.07) is 21.1. The molecule has 34 heavy (non-hydrogen) atoms. The average molecular weight is 457 g/mol. The number of benzene rings is 3. The van der Waals surface area contributed by atoms with E-state index in [9.17, 15) is 14.4 Å². The third-order valence-corrected chi connectivity index (χ3v) is 5.83. The molecule has 7 nitrogen and oxygen atoms in total. The van der Waals surface area contributed by atoms with Crippen LogP contribution in [0.25, 0.3) is 21.5 Å². The zero-order chi connectivity index (χ0) is 23.9. The largest absolute Gasteiger partial charge is 0.290 e. The van der Waals surface area contributed by atoms with E-state index in [2.05, 4.69) is 28.9 Å². The van der Waals surface area contributed by atoms with Crippen molar-refractivity contribution in [3.05, 3.63) is 88.3 Å². The summed E-state index contributed by atoms with van der Waals surface area (Å²) in [6.45, 7) is 2.52. The van der Waals surface area contributed by atoms with E-state index in [1.165, 1.54) is 4.68 Å². The second-order valence-corrected chi connectivity index (χ2v) is 8.31. The second kappa shape index (κ2) is 10.7. The van der Waals surface area contributed by atoms with Gasteiger partial charge in [0, 0.05) is 18.4 Å². The number of amides is 2. The third kappa shape index (κ3) is 5.31. The third-order valence-electron chi connectivity index (χ3n) is 5.83. The summed E-state index contributed by atoms with van der Waals surface area (Å²) < 4.78 is 1.34. The Balaban J connectivity index is 1.42. The van der Waals surface area contributed by atoms with Gasteiger partial charge in [-0.15, -0.1) is 0 Å². The fourth-order valence-corrected chi connectivity index (χ4v) is 3.97. The van der Waals surface area contributed by atoms with Crippen molar-refractivity contribution in [3.8, 4) is 0 Å². The molecule has 0 unspecified atom stereocenters. The highest BCUT2D eigenvalue weighted by atomic mass is 16.2. The molecular weight excluding hydrogens is 428 g/mol. The van der Waals surface area contributed by atoms with E-state index in [1.807, 2.05) is 36.4 Å². The smallest absolute Gasteiger partial charge is 0.273 e.